The third-order valence-electron chi connectivity index (χ3n) is 5.50. The van der Waals surface area contributed by atoms with E-state index in [0.717, 1.165) is 30.0 Å². The number of hydrogen-bond acceptors (Lipinski definition) is 2. The van der Waals surface area contributed by atoms with Gasteiger partial charge >= 0.3 is 0 Å². The molecule has 0 amide bonds. The van der Waals surface area contributed by atoms with Crippen molar-refractivity contribution in [1.82, 2.24) is 10.2 Å². The molecule has 4 fully saturated rings. The third-order valence-corrected chi connectivity index (χ3v) is 5.50. The van der Waals surface area contributed by atoms with Gasteiger partial charge in [-0.15, -0.1) is 0 Å². The fourth-order valence-electron chi connectivity index (χ4n) is 4.20. The summed E-state index contributed by atoms with van der Waals surface area (Å²) < 4.78 is 0. The van der Waals surface area contributed by atoms with E-state index in [1.54, 1.807) is 0 Å². The fourth-order valence-corrected chi connectivity index (χ4v) is 4.20. The standard InChI is InChI=1S/C14H24N2/c1-5-13-7-10(1)9-16(13)14-6-2-11(14)8-15-12-3-4-12/h10-15H,1-9H2. The van der Waals surface area contributed by atoms with Gasteiger partial charge in [-0.05, 0) is 63.3 Å². The van der Waals surface area contributed by atoms with Crippen molar-refractivity contribution in [3.05, 3.63) is 0 Å². The number of piperidine rings is 1. The molecule has 16 heavy (non-hydrogen) atoms. The lowest BCUT2D eigenvalue weighted by molar-refractivity contribution is 0.0376. The van der Waals surface area contributed by atoms with E-state index < -0.39 is 0 Å². The lowest BCUT2D eigenvalue weighted by Crippen LogP contribution is -2.53. The van der Waals surface area contributed by atoms with Crippen LogP contribution in [0.1, 0.15) is 44.9 Å². The van der Waals surface area contributed by atoms with Gasteiger partial charge in [0.25, 0.3) is 0 Å². The molecule has 2 heteroatoms. The van der Waals surface area contributed by atoms with Crippen LogP contribution >= 0.6 is 0 Å². The number of hydrogen-bond donors (Lipinski definition) is 1. The number of fused-ring (bicyclic) bond motifs is 2. The van der Waals surface area contributed by atoms with Crippen LogP contribution in [0.4, 0.5) is 0 Å². The molecule has 0 aromatic rings. The Labute approximate surface area is 98.8 Å². The van der Waals surface area contributed by atoms with E-state index in [0.29, 0.717) is 0 Å². The highest BCUT2D eigenvalue weighted by atomic mass is 15.2. The molecule has 0 aromatic heterocycles. The highest BCUT2D eigenvalue weighted by molar-refractivity contribution is 5.01. The molecule has 0 spiro atoms. The molecule has 4 rings (SSSR count). The maximum atomic E-state index is 3.73. The largest absolute Gasteiger partial charge is 0.314 e. The number of nitrogens with zero attached hydrogens (tertiary/aromatic N) is 1. The predicted octanol–water partition coefficient (Wildman–Crippen LogP) is 2.00. The monoisotopic (exact) mass is 220 g/mol. The Morgan fingerprint density at radius 2 is 1.94 bits per heavy atom. The Morgan fingerprint density at radius 1 is 1.00 bits per heavy atom. The molecule has 4 aliphatic rings. The van der Waals surface area contributed by atoms with Gasteiger partial charge in [-0.3, -0.25) is 4.90 Å². The van der Waals surface area contributed by atoms with E-state index in [9.17, 15) is 0 Å². The summed E-state index contributed by atoms with van der Waals surface area (Å²) >= 11 is 0. The maximum Gasteiger partial charge on any atom is 0.0139 e. The molecule has 2 bridgehead atoms. The van der Waals surface area contributed by atoms with Gasteiger partial charge < -0.3 is 5.32 Å². The molecular weight excluding hydrogens is 196 g/mol. The van der Waals surface area contributed by atoms with Crippen LogP contribution in [0.15, 0.2) is 0 Å². The van der Waals surface area contributed by atoms with Crippen LogP contribution in [-0.4, -0.2) is 36.1 Å². The van der Waals surface area contributed by atoms with Gasteiger partial charge in [-0.2, -0.15) is 0 Å². The Kier molecular flexibility index (Phi) is 2.29. The van der Waals surface area contributed by atoms with E-state index in [1.165, 1.54) is 58.0 Å². The van der Waals surface area contributed by atoms with Crippen molar-refractivity contribution < 1.29 is 0 Å². The average molecular weight is 220 g/mol. The SMILES string of the molecule is C1CC2CC1CN2C1CCC1CNC1CC1. The fraction of sp³-hybridized carbons (Fsp3) is 1.00. The van der Waals surface area contributed by atoms with Crippen LogP contribution < -0.4 is 5.32 Å². The molecule has 1 aliphatic heterocycles. The predicted molar refractivity (Wildman–Crippen MR) is 65.4 cm³/mol. The van der Waals surface area contributed by atoms with Gasteiger partial charge in [-0.25, -0.2) is 0 Å². The second kappa shape index (κ2) is 3.71. The zero-order chi connectivity index (χ0) is 10.5. The molecule has 3 aliphatic carbocycles. The molecule has 90 valence electrons. The van der Waals surface area contributed by atoms with Crippen LogP contribution in [0.5, 0.6) is 0 Å². The highest BCUT2D eigenvalue weighted by Gasteiger charge is 2.46. The lowest BCUT2D eigenvalue weighted by atomic mass is 9.77. The molecule has 3 saturated carbocycles. The van der Waals surface area contributed by atoms with E-state index in [4.69, 9.17) is 0 Å². The summed E-state index contributed by atoms with van der Waals surface area (Å²) in [4.78, 5) is 2.89. The summed E-state index contributed by atoms with van der Waals surface area (Å²) in [5.41, 5.74) is 0. The summed E-state index contributed by atoms with van der Waals surface area (Å²) in [6.07, 6.45) is 10.4. The normalized spacial score (nSPS) is 47.2. The van der Waals surface area contributed by atoms with Gasteiger partial charge in [0.2, 0.25) is 0 Å². The minimum Gasteiger partial charge on any atom is -0.314 e. The number of nitrogens with one attached hydrogen (secondary N) is 1. The minimum atomic E-state index is 0.899. The van der Waals surface area contributed by atoms with Crippen LogP contribution in [0.3, 0.4) is 0 Å². The van der Waals surface area contributed by atoms with Crippen molar-refractivity contribution in [2.45, 2.75) is 63.1 Å². The molecular formula is C14H24N2. The minimum absolute atomic E-state index is 0.899. The third kappa shape index (κ3) is 1.62. The van der Waals surface area contributed by atoms with Gasteiger partial charge in [0.15, 0.2) is 0 Å². The highest BCUT2D eigenvalue weighted by Crippen LogP contribution is 2.44. The number of rotatable bonds is 4. The Bertz CT molecular complexity index is 274. The summed E-state index contributed by atoms with van der Waals surface area (Å²) in [5, 5.41) is 3.73. The van der Waals surface area contributed by atoms with Crippen LogP contribution in [0.2, 0.25) is 0 Å². The van der Waals surface area contributed by atoms with E-state index in [-0.39, 0.29) is 0 Å². The first-order valence-corrected chi connectivity index (χ1v) is 7.39. The smallest absolute Gasteiger partial charge is 0.0139 e. The second-order valence-corrected chi connectivity index (χ2v) is 6.62. The first-order valence-electron chi connectivity index (χ1n) is 7.39. The maximum absolute atomic E-state index is 3.73. The lowest BCUT2D eigenvalue weighted by Gasteiger charge is -2.46. The van der Waals surface area contributed by atoms with Crippen molar-refractivity contribution in [3.8, 4) is 0 Å². The van der Waals surface area contributed by atoms with Crippen molar-refractivity contribution in [2.75, 3.05) is 13.1 Å². The van der Waals surface area contributed by atoms with Crippen molar-refractivity contribution in [1.29, 1.82) is 0 Å². The van der Waals surface area contributed by atoms with E-state index in [2.05, 4.69) is 10.2 Å². The molecule has 0 aromatic carbocycles. The Hall–Kier alpha value is -0.0800. The van der Waals surface area contributed by atoms with Crippen LogP contribution in [0, 0.1) is 11.8 Å². The van der Waals surface area contributed by atoms with Crippen molar-refractivity contribution in [2.24, 2.45) is 11.8 Å². The average Bonchev–Trinajstić information content (AvgIpc) is 2.84. The zero-order valence-corrected chi connectivity index (χ0v) is 10.2. The molecule has 1 N–H and O–H groups in total. The second-order valence-electron chi connectivity index (χ2n) is 6.62. The number of likely N-dealkylation sites (tertiary alicyclic amines) is 1. The summed E-state index contributed by atoms with van der Waals surface area (Å²) in [7, 11) is 0. The van der Waals surface area contributed by atoms with E-state index >= 15 is 0 Å². The Balaban J connectivity index is 1.33. The molecule has 0 radical (unpaired) electrons. The first kappa shape index (κ1) is 9.90. The van der Waals surface area contributed by atoms with Crippen molar-refractivity contribution >= 4 is 0 Å². The first-order chi connectivity index (χ1) is 7.90. The Morgan fingerprint density at radius 3 is 2.50 bits per heavy atom. The molecule has 1 saturated heterocycles. The summed E-state index contributed by atoms with van der Waals surface area (Å²) in [5.74, 6) is 2.06. The van der Waals surface area contributed by atoms with Gasteiger partial charge in [0.05, 0.1) is 0 Å². The van der Waals surface area contributed by atoms with Crippen LogP contribution in [0.25, 0.3) is 0 Å². The summed E-state index contributed by atoms with van der Waals surface area (Å²) in [6, 6.07) is 2.84. The molecule has 1 heterocycles. The van der Waals surface area contributed by atoms with E-state index in [1.807, 2.05) is 0 Å². The van der Waals surface area contributed by atoms with Gasteiger partial charge in [0, 0.05) is 24.7 Å². The van der Waals surface area contributed by atoms with Gasteiger partial charge in [0.1, 0.15) is 0 Å². The topological polar surface area (TPSA) is 15.3 Å². The molecule has 4 unspecified atom stereocenters. The molecule has 4 atom stereocenters. The quantitative estimate of drug-likeness (QED) is 0.779. The molecule has 2 nitrogen and oxygen atoms in total. The van der Waals surface area contributed by atoms with Gasteiger partial charge in [-0.1, -0.05) is 0 Å². The van der Waals surface area contributed by atoms with Crippen LogP contribution in [-0.2, 0) is 0 Å². The summed E-state index contributed by atoms with van der Waals surface area (Å²) in [6.45, 7) is 2.75. The zero-order valence-electron chi connectivity index (χ0n) is 10.2. The van der Waals surface area contributed by atoms with Crippen molar-refractivity contribution in [3.63, 3.8) is 0 Å².